The number of aryl methyl sites for hydroxylation is 2. The fourth-order valence-electron chi connectivity index (χ4n) is 3.20. The van der Waals surface area contributed by atoms with Crippen LogP contribution in [0.3, 0.4) is 0 Å². The summed E-state index contributed by atoms with van der Waals surface area (Å²) in [5.41, 5.74) is 5.05. The van der Waals surface area contributed by atoms with Crippen molar-refractivity contribution in [1.82, 2.24) is 25.3 Å². The first-order valence-electron chi connectivity index (χ1n) is 9.83. The van der Waals surface area contributed by atoms with Gasteiger partial charge < -0.3 is 5.32 Å². The smallest absolute Gasteiger partial charge is 0.230 e. The standard InChI is InChI=1S/C23H23N5OS/c1-16-8-10-19(11-9-16)28-22-20(14-25-28)17(2)26-27-23(22)30-15-21(29)24-13-12-18-6-4-3-5-7-18/h3-11,14H,12-13,15H2,1-2H3,(H,24,29). The molecule has 1 N–H and O–H groups in total. The van der Waals surface area contributed by atoms with E-state index in [0.717, 1.165) is 28.7 Å². The van der Waals surface area contributed by atoms with Crippen LogP contribution in [0.4, 0.5) is 0 Å². The number of carbonyl (C=O) groups is 1. The third-order valence-corrected chi connectivity index (χ3v) is 5.80. The van der Waals surface area contributed by atoms with Crippen molar-refractivity contribution in [2.45, 2.75) is 25.3 Å². The summed E-state index contributed by atoms with van der Waals surface area (Å²) in [5, 5.41) is 17.8. The van der Waals surface area contributed by atoms with E-state index in [-0.39, 0.29) is 11.7 Å². The van der Waals surface area contributed by atoms with Crippen molar-refractivity contribution >= 4 is 28.6 Å². The maximum absolute atomic E-state index is 12.3. The molecule has 4 rings (SSSR count). The van der Waals surface area contributed by atoms with E-state index in [2.05, 4.69) is 51.8 Å². The highest BCUT2D eigenvalue weighted by Crippen LogP contribution is 2.28. The zero-order chi connectivity index (χ0) is 20.9. The summed E-state index contributed by atoms with van der Waals surface area (Å²) in [7, 11) is 0. The number of rotatable bonds is 7. The summed E-state index contributed by atoms with van der Waals surface area (Å²) in [6.07, 6.45) is 2.62. The molecular weight excluding hydrogens is 394 g/mol. The Kier molecular flexibility index (Phi) is 6.09. The summed E-state index contributed by atoms with van der Waals surface area (Å²) in [4.78, 5) is 12.3. The number of benzene rings is 2. The van der Waals surface area contributed by atoms with Gasteiger partial charge in [-0.25, -0.2) is 4.68 Å². The lowest BCUT2D eigenvalue weighted by atomic mass is 10.1. The monoisotopic (exact) mass is 417 g/mol. The van der Waals surface area contributed by atoms with E-state index in [1.807, 2.05) is 48.1 Å². The first-order valence-corrected chi connectivity index (χ1v) is 10.8. The van der Waals surface area contributed by atoms with E-state index in [9.17, 15) is 4.79 Å². The molecule has 0 unspecified atom stereocenters. The molecule has 0 spiro atoms. The quantitative estimate of drug-likeness (QED) is 0.462. The Morgan fingerprint density at radius 1 is 1.03 bits per heavy atom. The molecule has 0 aliphatic rings. The Balaban J connectivity index is 1.47. The van der Waals surface area contributed by atoms with Crippen LogP contribution in [0.1, 0.15) is 16.8 Å². The Bertz CT molecular complexity index is 1160. The second-order valence-corrected chi connectivity index (χ2v) is 8.08. The number of thioether (sulfide) groups is 1. The zero-order valence-electron chi connectivity index (χ0n) is 17.0. The van der Waals surface area contributed by atoms with Crippen LogP contribution in [0.25, 0.3) is 16.6 Å². The van der Waals surface area contributed by atoms with E-state index >= 15 is 0 Å². The first kappa shape index (κ1) is 20.1. The van der Waals surface area contributed by atoms with E-state index < -0.39 is 0 Å². The van der Waals surface area contributed by atoms with E-state index in [1.165, 1.54) is 22.9 Å². The fraction of sp³-hybridized carbons (Fsp3) is 0.217. The minimum absolute atomic E-state index is 0.0205. The molecule has 2 heterocycles. The molecule has 7 heteroatoms. The summed E-state index contributed by atoms with van der Waals surface area (Å²) in [5.74, 6) is 0.258. The number of hydrogen-bond donors (Lipinski definition) is 1. The maximum atomic E-state index is 12.3. The van der Waals surface area contributed by atoms with Crippen LogP contribution < -0.4 is 5.32 Å². The molecule has 2 aromatic carbocycles. The van der Waals surface area contributed by atoms with Gasteiger partial charge in [0.15, 0.2) is 0 Å². The van der Waals surface area contributed by atoms with E-state index in [0.29, 0.717) is 11.6 Å². The van der Waals surface area contributed by atoms with Gasteiger partial charge in [0.25, 0.3) is 0 Å². The highest BCUT2D eigenvalue weighted by molar-refractivity contribution is 8.00. The van der Waals surface area contributed by atoms with Crippen molar-refractivity contribution in [1.29, 1.82) is 0 Å². The van der Waals surface area contributed by atoms with Crippen LogP contribution in [0.2, 0.25) is 0 Å². The van der Waals surface area contributed by atoms with Gasteiger partial charge in [0.05, 0.1) is 23.3 Å². The second-order valence-electron chi connectivity index (χ2n) is 7.12. The molecule has 152 valence electrons. The molecule has 0 aliphatic carbocycles. The molecule has 2 aromatic heterocycles. The molecule has 1 amide bonds. The van der Waals surface area contributed by atoms with Gasteiger partial charge in [-0.05, 0) is 38.0 Å². The average molecular weight is 418 g/mol. The van der Waals surface area contributed by atoms with E-state index in [4.69, 9.17) is 0 Å². The predicted molar refractivity (Wildman–Crippen MR) is 120 cm³/mol. The number of aromatic nitrogens is 4. The zero-order valence-corrected chi connectivity index (χ0v) is 17.8. The van der Waals surface area contributed by atoms with Gasteiger partial charge in [0.1, 0.15) is 10.5 Å². The molecule has 0 saturated heterocycles. The number of amides is 1. The van der Waals surface area contributed by atoms with Gasteiger partial charge in [-0.15, -0.1) is 5.10 Å². The van der Waals surface area contributed by atoms with Gasteiger partial charge in [0, 0.05) is 11.9 Å². The van der Waals surface area contributed by atoms with E-state index in [1.54, 1.807) is 0 Å². The largest absolute Gasteiger partial charge is 0.355 e. The van der Waals surface area contributed by atoms with Crippen molar-refractivity contribution in [3.63, 3.8) is 0 Å². The number of carbonyl (C=O) groups excluding carboxylic acids is 1. The van der Waals surface area contributed by atoms with Crippen LogP contribution in [-0.4, -0.2) is 38.2 Å². The van der Waals surface area contributed by atoms with Crippen molar-refractivity contribution in [2.75, 3.05) is 12.3 Å². The van der Waals surface area contributed by atoms with Gasteiger partial charge in [-0.1, -0.05) is 59.8 Å². The Morgan fingerprint density at radius 2 is 1.80 bits per heavy atom. The highest BCUT2D eigenvalue weighted by atomic mass is 32.2. The molecule has 0 atom stereocenters. The first-order chi connectivity index (χ1) is 14.6. The molecule has 4 aromatic rings. The van der Waals surface area contributed by atoms with Gasteiger partial charge in [-0.2, -0.15) is 10.2 Å². The van der Waals surface area contributed by atoms with Gasteiger partial charge >= 0.3 is 0 Å². The van der Waals surface area contributed by atoms with Crippen LogP contribution in [0, 0.1) is 13.8 Å². The van der Waals surface area contributed by atoms with Gasteiger partial charge in [-0.3, -0.25) is 4.79 Å². The summed E-state index contributed by atoms with van der Waals surface area (Å²) < 4.78 is 1.87. The van der Waals surface area contributed by atoms with Crippen LogP contribution in [0.5, 0.6) is 0 Å². The average Bonchev–Trinajstić information content (AvgIpc) is 3.21. The summed E-state index contributed by atoms with van der Waals surface area (Å²) in [6.45, 7) is 4.58. The normalized spacial score (nSPS) is 11.0. The third kappa shape index (κ3) is 4.52. The lowest BCUT2D eigenvalue weighted by Crippen LogP contribution is -2.27. The number of nitrogens with zero attached hydrogens (tertiary/aromatic N) is 4. The number of hydrogen-bond acceptors (Lipinski definition) is 5. The summed E-state index contributed by atoms with van der Waals surface area (Å²) >= 11 is 1.38. The molecular formula is C23H23N5OS. The minimum atomic E-state index is -0.0205. The van der Waals surface area contributed by atoms with Crippen molar-refractivity contribution in [2.24, 2.45) is 0 Å². The third-order valence-electron chi connectivity index (χ3n) is 4.85. The molecule has 0 fully saturated rings. The Hall–Kier alpha value is -3.19. The van der Waals surface area contributed by atoms with Crippen LogP contribution in [0.15, 0.2) is 65.8 Å². The van der Waals surface area contributed by atoms with Crippen molar-refractivity contribution in [3.8, 4) is 5.69 Å². The molecule has 0 aliphatic heterocycles. The van der Waals surface area contributed by atoms with Crippen LogP contribution in [-0.2, 0) is 11.2 Å². The second kappa shape index (κ2) is 9.09. The number of fused-ring (bicyclic) bond motifs is 1. The predicted octanol–water partition coefficient (Wildman–Crippen LogP) is 3.88. The lowest BCUT2D eigenvalue weighted by molar-refractivity contribution is -0.118. The highest BCUT2D eigenvalue weighted by Gasteiger charge is 2.16. The number of nitrogens with one attached hydrogen (secondary N) is 1. The Labute approximate surface area is 179 Å². The summed E-state index contributed by atoms with van der Waals surface area (Å²) in [6, 6.07) is 18.3. The molecule has 0 bridgehead atoms. The topological polar surface area (TPSA) is 72.7 Å². The molecule has 30 heavy (non-hydrogen) atoms. The maximum Gasteiger partial charge on any atom is 0.230 e. The van der Waals surface area contributed by atoms with Crippen molar-refractivity contribution in [3.05, 3.63) is 77.6 Å². The molecule has 6 nitrogen and oxygen atoms in total. The SMILES string of the molecule is Cc1ccc(-n2ncc3c(C)nnc(SCC(=O)NCCc4ccccc4)c32)cc1. The van der Waals surface area contributed by atoms with Crippen molar-refractivity contribution < 1.29 is 4.79 Å². The van der Waals surface area contributed by atoms with Crippen LogP contribution >= 0.6 is 11.8 Å². The fourth-order valence-corrected chi connectivity index (χ4v) is 4.00. The van der Waals surface area contributed by atoms with Gasteiger partial charge in [0.2, 0.25) is 5.91 Å². The lowest BCUT2D eigenvalue weighted by Gasteiger charge is -2.09. The Morgan fingerprint density at radius 3 is 2.57 bits per heavy atom. The molecule has 0 radical (unpaired) electrons. The molecule has 0 saturated carbocycles. The minimum Gasteiger partial charge on any atom is -0.355 e.